The number of nitrogens with zero attached hydrogens (tertiary/aromatic N) is 5. The number of fused-ring (bicyclic) bond motifs is 1. The first-order valence-electron chi connectivity index (χ1n) is 11.5. The zero-order valence-electron chi connectivity index (χ0n) is 20.5. The van der Waals surface area contributed by atoms with Gasteiger partial charge < -0.3 is 0 Å². The Morgan fingerprint density at radius 1 is 0.951 bits per heavy atom. The number of rotatable bonds is 6. The van der Waals surface area contributed by atoms with Gasteiger partial charge in [0.05, 0.1) is 21.8 Å². The highest BCUT2D eigenvalue weighted by Crippen LogP contribution is 2.29. The Hall–Kier alpha value is -4.98. The molecule has 0 unspecified atom stereocenters. The van der Waals surface area contributed by atoms with E-state index in [0.717, 1.165) is 21.4 Å². The van der Waals surface area contributed by atoms with E-state index >= 15 is 0 Å². The number of hydrogen-bond acceptors (Lipinski definition) is 10. The third kappa shape index (κ3) is 4.82. The van der Waals surface area contributed by atoms with Gasteiger partial charge in [0.1, 0.15) is 17.5 Å². The summed E-state index contributed by atoms with van der Waals surface area (Å²) in [5.41, 5.74) is -0.723. The maximum atomic E-state index is 12.9. The zero-order chi connectivity index (χ0) is 29.5. The molecule has 0 bridgehead atoms. The monoisotopic (exact) mass is 608 g/mol. The average molecular weight is 609 g/mol. The second-order valence-electron chi connectivity index (χ2n) is 8.47. The number of nitriles is 1. The second kappa shape index (κ2) is 10.2. The molecule has 0 spiro atoms. The Morgan fingerprint density at radius 3 is 2.22 bits per heavy atom. The van der Waals surface area contributed by atoms with Crippen molar-refractivity contribution >= 4 is 44.1 Å². The van der Waals surface area contributed by atoms with Gasteiger partial charge in [-0.3, -0.25) is 14.4 Å². The number of hydrogen-bond donors (Lipinski definition) is 1. The first-order chi connectivity index (χ1) is 19.5. The van der Waals surface area contributed by atoms with Crippen molar-refractivity contribution in [2.24, 2.45) is 0 Å². The van der Waals surface area contributed by atoms with Crippen LogP contribution in [0.3, 0.4) is 0 Å². The molecule has 1 aliphatic rings. The first-order valence-corrected chi connectivity index (χ1v) is 14.8. The van der Waals surface area contributed by atoms with Gasteiger partial charge in [-0.1, -0.05) is 30.3 Å². The van der Waals surface area contributed by atoms with Crippen molar-refractivity contribution in [3.05, 3.63) is 105 Å². The smallest absolute Gasteiger partial charge is 0.272 e. The Kier molecular flexibility index (Phi) is 6.87. The fourth-order valence-electron chi connectivity index (χ4n) is 4.04. The first kappa shape index (κ1) is 27.6. The number of nitrogens with one attached hydrogen (secondary N) is 1. The highest BCUT2D eigenvalue weighted by Gasteiger charge is 2.42. The van der Waals surface area contributed by atoms with E-state index in [1.165, 1.54) is 36.4 Å². The molecule has 4 aromatic rings. The molecule has 0 fully saturated rings. The zero-order valence-corrected chi connectivity index (χ0v) is 23.0. The van der Waals surface area contributed by atoms with Gasteiger partial charge in [-0.2, -0.15) is 5.26 Å². The van der Waals surface area contributed by atoms with Crippen LogP contribution in [0.5, 0.6) is 0 Å². The largest absolute Gasteiger partial charge is 0.296 e. The standard InChI is InChI=1S/C25H16N6O7S3/c26-14-20-24(34)30(16-6-2-1-3-7-16)25(39)31(27-20)17-10-12-18(13-11-17)40(35,36)28-22(32)15-29-23(33)19-8-4-5-9-21(19)41(29,37)38/h1-13H,15H2,(H,28,32). The van der Waals surface area contributed by atoms with Gasteiger partial charge >= 0.3 is 0 Å². The van der Waals surface area contributed by atoms with Gasteiger partial charge in [0, 0.05) is 0 Å². The van der Waals surface area contributed by atoms with Crippen molar-refractivity contribution in [2.75, 3.05) is 6.54 Å². The number of carbonyl (C=O) groups is 2. The van der Waals surface area contributed by atoms with Gasteiger partial charge in [-0.05, 0) is 60.7 Å². The maximum Gasteiger partial charge on any atom is 0.296 e. The fourth-order valence-corrected chi connectivity index (χ4v) is 6.88. The van der Waals surface area contributed by atoms with Crippen molar-refractivity contribution in [1.29, 1.82) is 5.26 Å². The summed E-state index contributed by atoms with van der Waals surface area (Å²) in [5.74, 6) is -2.20. The molecule has 206 valence electrons. The van der Waals surface area contributed by atoms with E-state index in [4.69, 9.17) is 12.2 Å². The van der Waals surface area contributed by atoms with Crippen LogP contribution in [-0.2, 0) is 24.8 Å². The lowest BCUT2D eigenvalue weighted by Crippen LogP contribution is -2.42. The molecule has 16 heteroatoms. The quantitative estimate of drug-likeness (QED) is 0.313. The average Bonchev–Trinajstić information content (AvgIpc) is 3.14. The predicted molar refractivity (Wildman–Crippen MR) is 145 cm³/mol. The number of amides is 2. The van der Waals surface area contributed by atoms with Crippen LogP contribution in [0.4, 0.5) is 0 Å². The number of carbonyl (C=O) groups excluding carboxylic acids is 2. The molecule has 0 atom stereocenters. The lowest BCUT2D eigenvalue weighted by Gasteiger charge is -2.15. The highest BCUT2D eigenvalue weighted by atomic mass is 32.2. The van der Waals surface area contributed by atoms with Crippen molar-refractivity contribution < 1.29 is 26.4 Å². The molecule has 13 nitrogen and oxygen atoms in total. The molecule has 5 rings (SSSR count). The van der Waals surface area contributed by atoms with E-state index in [-0.39, 0.29) is 25.8 Å². The lowest BCUT2D eigenvalue weighted by atomic mass is 10.2. The predicted octanol–water partition coefficient (Wildman–Crippen LogP) is 1.27. The Balaban J connectivity index is 1.41. The molecule has 3 aromatic carbocycles. The molecule has 2 heterocycles. The van der Waals surface area contributed by atoms with Crippen LogP contribution >= 0.6 is 12.2 Å². The van der Waals surface area contributed by atoms with E-state index in [9.17, 15) is 36.5 Å². The number of para-hydroxylation sites is 1. The highest BCUT2D eigenvalue weighted by molar-refractivity contribution is 7.90. The van der Waals surface area contributed by atoms with E-state index in [1.807, 2.05) is 0 Å². The molecule has 0 saturated heterocycles. The van der Waals surface area contributed by atoms with Crippen LogP contribution in [-0.4, -0.2) is 53.8 Å². The SMILES string of the molecule is N#Cc1nn(-c2ccc(S(=O)(=O)NC(=O)CN3C(=O)c4ccccc4S3(=O)=O)cc2)c(=S)n(-c2ccccc2)c1=O. The molecular formula is C25H16N6O7S3. The van der Waals surface area contributed by atoms with Crippen molar-refractivity contribution in [1.82, 2.24) is 23.4 Å². The van der Waals surface area contributed by atoms with E-state index in [0.29, 0.717) is 9.99 Å². The summed E-state index contributed by atoms with van der Waals surface area (Å²) in [5, 5.41) is 13.4. The van der Waals surface area contributed by atoms with Crippen molar-refractivity contribution in [3.8, 4) is 17.4 Å². The van der Waals surface area contributed by atoms with Gasteiger partial charge in [0.25, 0.3) is 37.4 Å². The molecule has 0 aliphatic carbocycles. The molecule has 1 N–H and O–H groups in total. The number of sulfonamides is 2. The van der Waals surface area contributed by atoms with Crippen LogP contribution < -0.4 is 10.3 Å². The van der Waals surface area contributed by atoms with Gasteiger partial charge in [-0.25, -0.2) is 35.1 Å². The Morgan fingerprint density at radius 2 is 1.59 bits per heavy atom. The second-order valence-corrected chi connectivity index (χ2v) is 12.3. The van der Waals surface area contributed by atoms with Gasteiger partial charge in [0.2, 0.25) is 10.5 Å². The molecular weight excluding hydrogens is 593 g/mol. The maximum absolute atomic E-state index is 12.9. The minimum atomic E-state index is -4.50. The Labute approximate surface area is 237 Å². The molecule has 1 aliphatic heterocycles. The molecule has 41 heavy (non-hydrogen) atoms. The van der Waals surface area contributed by atoms with E-state index in [1.54, 1.807) is 41.1 Å². The minimum absolute atomic E-state index is 0.0957. The fraction of sp³-hybridized carbons (Fsp3) is 0.0400. The van der Waals surface area contributed by atoms with Crippen LogP contribution in [0.1, 0.15) is 16.1 Å². The van der Waals surface area contributed by atoms with Crippen LogP contribution in [0.2, 0.25) is 0 Å². The van der Waals surface area contributed by atoms with Crippen molar-refractivity contribution in [3.63, 3.8) is 0 Å². The normalized spacial score (nSPS) is 13.8. The van der Waals surface area contributed by atoms with E-state index in [2.05, 4.69) is 5.10 Å². The Bertz CT molecular complexity index is 2120. The molecule has 1 aromatic heterocycles. The molecule has 0 saturated carbocycles. The third-order valence-electron chi connectivity index (χ3n) is 5.94. The summed E-state index contributed by atoms with van der Waals surface area (Å²) in [6.07, 6.45) is 0. The van der Waals surface area contributed by atoms with Crippen LogP contribution in [0.15, 0.2) is 93.4 Å². The van der Waals surface area contributed by atoms with Gasteiger partial charge in [-0.15, -0.1) is 5.10 Å². The summed E-state index contributed by atoms with van der Waals surface area (Å²) >= 11 is 5.43. The number of benzene rings is 3. The summed E-state index contributed by atoms with van der Waals surface area (Å²) in [6, 6.07) is 20.2. The van der Waals surface area contributed by atoms with Crippen LogP contribution in [0, 0.1) is 16.1 Å². The van der Waals surface area contributed by atoms with Crippen molar-refractivity contribution in [2.45, 2.75) is 9.79 Å². The third-order valence-corrected chi connectivity index (χ3v) is 9.47. The molecule has 0 radical (unpaired) electrons. The van der Waals surface area contributed by atoms with Crippen LogP contribution in [0.25, 0.3) is 11.4 Å². The van der Waals surface area contributed by atoms with Gasteiger partial charge in [0.15, 0.2) is 0 Å². The van der Waals surface area contributed by atoms with E-state index < -0.39 is 49.7 Å². The summed E-state index contributed by atoms with van der Waals surface area (Å²) in [6.45, 7) is -1.05. The minimum Gasteiger partial charge on any atom is -0.272 e. The summed E-state index contributed by atoms with van der Waals surface area (Å²) in [4.78, 5) is 37.2. The lowest BCUT2D eigenvalue weighted by molar-refractivity contribution is -0.119. The summed E-state index contributed by atoms with van der Waals surface area (Å²) in [7, 11) is -8.82. The summed E-state index contributed by atoms with van der Waals surface area (Å²) < 4.78 is 55.2. The topological polar surface area (TPSA) is 181 Å². The molecule has 2 amide bonds. The number of aromatic nitrogens is 3.